The average Bonchev–Trinajstić information content (AvgIpc) is 2.30. The molecular formula is C10H24N2O2Si. The van der Waals surface area contributed by atoms with E-state index in [4.69, 9.17) is 8.85 Å². The van der Waals surface area contributed by atoms with Crippen LogP contribution in [0.2, 0.25) is 12.6 Å². The predicted molar refractivity (Wildman–Crippen MR) is 64.1 cm³/mol. The van der Waals surface area contributed by atoms with Crippen molar-refractivity contribution in [3.8, 4) is 0 Å². The fourth-order valence-electron chi connectivity index (χ4n) is 1.85. The molecule has 90 valence electrons. The molecule has 0 saturated carbocycles. The van der Waals surface area contributed by atoms with Gasteiger partial charge in [-0.25, -0.2) is 0 Å². The molecule has 1 saturated heterocycles. The van der Waals surface area contributed by atoms with Crippen molar-refractivity contribution in [1.82, 2.24) is 10.2 Å². The Kier molecular flexibility index (Phi) is 5.77. The minimum atomic E-state index is -1.83. The van der Waals surface area contributed by atoms with E-state index in [9.17, 15) is 0 Å². The summed E-state index contributed by atoms with van der Waals surface area (Å²) in [6.45, 7) is 6.71. The third-order valence-electron chi connectivity index (χ3n) is 3.13. The van der Waals surface area contributed by atoms with Gasteiger partial charge in [-0.05, 0) is 38.5 Å². The highest BCUT2D eigenvalue weighted by molar-refractivity contribution is 6.65. The lowest BCUT2D eigenvalue weighted by Crippen LogP contribution is -2.43. The molecule has 0 aliphatic carbocycles. The Morgan fingerprint density at radius 2 is 2.07 bits per heavy atom. The van der Waals surface area contributed by atoms with Crippen LogP contribution in [-0.4, -0.2) is 54.0 Å². The van der Waals surface area contributed by atoms with E-state index < -0.39 is 8.56 Å². The summed E-state index contributed by atoms with van der Waals surface area (Å²) in [5, 5.41) is 3.39. The monoisotopic (exact) mass is 232 g/mol. The van der Waals surface area contributed by atoms with Gasteiger partial charge in [0.1, 0.15) is 0 Å². The quantitative estimate of drug-likeness (QED) is 0.693. The van der Waals surface area contributed by atoms with Gasteiger partial charge in [-0.3, -0.25) is 4.90 Å². The fourth-order valence-corrected chi connectivity index (χ4v) is 3.22. The van der Waals surface area contributed by atoms with Crippen LogP contribution in [0, 0.1) is 0 Å². The molecule has 0 spiro atoms. The Morgan fingerprint density at radius 3 is 2.60 bits per heavy atom. The van der Waals surface area contributed by atoms with Crippen molar-refractivity contribution in [1.29, 1.82) is 0 Å². The lowest BCUT2D eigenvalue weighted by molar-refractivity contribution is 0.208. The first-order chi connectivity index (χ1) is 7.20. The fraction of sp³-hybridized carbons (Fsp3) is 1.00. The molecule has 0 unspecified atom stereocenters. The second kappa shape index (κ2) is 6.60. The highest BCUT2D eigenvalue weighted by Crippen LogP contribution is 2.14. The SMILES string of the molecule is CO[Si](C)(CCCN1CCCNC1)OC. The normalized spacial score (nSPS) is 19.4. The summed E-state index contributed by atoms with van der Waals surface area (Å²) in [5.74, 6) is 0. The zero-order valence-corrected chi connectivity index (χ0v) is 11.2. The summed E-state index contributed by atoms with van der Waals surface area (Å²) in [6.07, 6.45) is 2.44. The maximum Gasteiger partial charge on any atom is 0.334 e. The van der Waals surface area contributed by atoms with Crippen LogP contribution in [0.1, 0.15) is 12.8 Å². The smallest absolute Gasteiger partial charge is 0.334 e. The number of rotatable bonds is 6. The summed E-state index contributed by atoms with van der Waals surface area (Å²) in [4.78, 5) is 2.46. The largest absolute Gasteiger partial charge is 0.398 e. The van der Waals surface area contributed by atoms with E-state index in [-0.39, 0.29) is 0 Å². The molecule has 4 nitrogen and oxygen atoms in total. The van der Waals surface area contributed by atoms with Gasteiger partial charge >= 0.3 is 8.56 Å². The van der Waals surface area contributed by atoms with Gasteiger partial charge < -0.3 is 14.2 Å². The summed E-state index contributed by atoms with van der Waals surface area (Å²) in [6, 6.07) is 1.08. The Labute approximate surface area is 94.2 Å². The Balaban J connectivity index is 2.14. The van der Waals surface area contributed by atoms with Gasteiger partial charge in [-0.2, -0.15) is 0 Å². The van der Waals surface area contributed by atoms with Gasteiger partial charge in [0.05, 0.1) is 0 Å². The van der Waals surface area contributed by atoms with Crippen molar-refractivity contribution in [3.05, 3.63) is 0 Å². The molecule has 1 rings (SSSR count). The minimum Gasteiger partial charge on any atom is -0.398 e. The van der Waals surface area contributed by atoms with Gasteiger partial charge in [0.2, 0.25) is 0 Å². The molecule has 1 aliphatic rings. The summed E-state index contributed by atoms with van der Waals surface area (Å²) >= 11 is 0. The van der Waals surface area contributed by atoms with E-state index in [1.54, 1.807) is 14.2 Å². The molecule has 0 radical (unpaired) electrons. The van der Waals surface area contributed by atoms with Gasteiger partial charge in [0, 0.05) is 27.4 Å². The number of nitrogens with zero attached hydrogens (tertiary/aromatic N) is 1. The van der Waals surface area contributed by atoms with Crippen LogP contribution >= 0.6 is 0 Å². The standard InChI is InChI=1S/C10H24N2O2Si/c1-13-15(3,14-2)9-5-8-12-7-4-6-11-10-12/h11H,4-10H2,1-3H3. The second-order valence-electron chi connectivity index (χ2n) is 4.28. The van der Waals surface area contributed by atoms with Crippen LogP contribution in [0.25, 0.3) is 0 Å². The molecule has 0 aromatic carbocycles. The molecule has 1 fully saturated rings. The van der Waals surface area contributed by atoms with Crippen molar-refractivity contribution in [2.45, 2.75) is 25.4 Å². The zero-order valence-electron chi connectivity index (χ0n) is 10.2. The van der Waals surface area contributed by atoms with Crippen LogP contribution in [0.4, 0.5) is 0 Å². The third-order valence-corrected chi connectivity index (χ3v) is 6.12. The molecule has 0 amide bonds. The van der Waals surface area contributed by atoms with Crippen LogP contribution in [0.15, 0.2) is 0 Å². The average molecular weight is 232 g/mol. The topological polar surface area (TPSA) is 33.7 Å². The van der Waals surface area contributed by atoms with Crippen molar-refractivity contribution < 1.29 is 8.85 Å². The lowest BCUT2D eigenvalue weighted by atomic mass is 10.3. The third kappa shape index (κ3) is 4.61. The van der Waals surface area contributed by atoms with Crippen LogP contribution in [-0.2, 0) is 8.85 Å². The zero-order chi connectivity index (χ0) is 11.1. The Morgan fingerprint density at radius 1 is 1.33 bits per heavy atom. The molecule has 1 N–H and O–H groups in total. The molecule has 1 heterocycles. The van der Waals surface area contributed by atoms with E-state index in [0.29, 0.717) is 0 Å². The first kappa shape index (κ1) is 13.1. The van der Waals surface area contributed by atoms with E-state index in [1.807, 2.05) is 0 Å². The predicted octanol–water partition coefficient (Wildman–Crippen LogP) is 0.994. The minimum absolute atomic E-state index is 1.04. The molecule has 0 aromatic rings. The van der Waals surface area contributed by atoms with Gasteiger partial charge in [-0.15, -0.1) is 0 Å². The van der Waals surface area contributed by atoms with Crippen LogP contribution in [0.5, 0.6) is 0 Å². The number of hydrogen-bond donors (Lipinski definition) is 1. The van der Waals surface area contributed by atoms with Gasteiger partial charge in [0.25, 0.3) is 0 Å². The summed E-state index contributed by atoms with van der Waals surface area (Å²) in [5.41, 5.74) is 0. The van der Waals surface area contributed by atoms with Crippen LogP contribution in [0.3, 0.4) is 0 Å². The van der Waals surface area contributed by atoms with Crippen molar-refractivity contribution in [2.24, 2.45) is 0 Å². The van der Waals surface area contributed by atoms with Crippen molar-refractivity contribution >= 4 is 8.56 Å². The second-order valence-corrected chi connectivity index (χ2v) is 7.86. The molecule has 5 heteroatoms. The van der Waals surface area contributed by atoms with Crippen molar-refractivity contribution in [3.63, 3.8) is 0 Å². The van der Waals surface area contributed by atoms with E-state index in [0.717, 1.165) is 19.3 Å². The Hall–Kier alpha value is 0.0569. The molecular weight excluding hydrogens is 208 g/mol. The summed E-state index contributed by atoms with van der Waals surface area (Å²) in [7, 11) is 1.70. The van der Waals surface area contributed by atoms with E-state index >= 15 is 0 Å². The summed E-state index contributed by atoms with van der Waals surface area (Å²) < 4.78 is 10.9. The number of hydrogen-bond acceptors (Lipinski definition) is 4. The van der Waals surface area contributed by atoms with E-state index in [1.165, 1.54) is 25.9 Å². The molecule has 0 aromatic heterocycles. The maximum atomic E-state index is 5.46. The van der Waals surface area contributed by atoms with Crippen molar-refractivity contribution in [2.75, 3.05) is 40.5 Å². The first-order valence-electron chi connectivity index (χ1n) is 5.73. The highest BCUT2D eigenvalue weighted by atomic mass is 28.4. The van der Waals surface area contributed by atoms with Gasteiger partial charge in [0.15, 0.2) is 0 Å². The molecule has 15 heavy (non-hydrogen) atoms. The van der Waals surface area contributed by atoms with Crippen LogP contribution < -0.4 is 5.32 Å². The lowest BCUT2D eigenvalue weighted by Gasteiger charge is -2.29. The highest BCUT2D eigenvalue weighted by Gasteiger charge is 2.28. The number of nitrogens with one attached hydrogen (secondary N) is 1. The molecule has 0 bridgehead atoms. The van der Waals surface area contributed by atoms with Gasteiger partial charge in [-0.1, -0.05) is 0 Å². The molecule has 0 atom stereocenters. The maximum absolute atomic E-state index is 5.46. The molecule has 1 aliphatic heterocycles. The van der Waals surface area contributed by atoms with E-state index in [2.05, 4.69) is 16.8 Å². The Bertz CT molecular complexity index is 171. The first-order valence-corrected chi connectivity index (χ1v) is 8.26.